The van der Waals surface area contributed by atoms with E-state index < -0.39 is 29.8 Å². The molecule has 6 nitrogen and oxygen atoms in total. The summed E-state index contributed by atoms with van der Waals surface area (Å²) in [5.41, 5.74) is -0.422. The fourth-order valence-electron chi connectivity index (χ4n) is 1.91. The minimum absolute atomic E-state index is 0.348. The minimum Gasteiger partial charge on any atom is -0.485 e. The highest BCUT2D eigenvalue weighted by molar-refractivity contribution is 6.79. The molecule has 0 aliphatic carbocycles. The average Bonchev–Trinajstić information content (AvgIpc) is 2.05. The van der Waals surface area contributed by atoms with Crippen molar-refractivity contribution in [2.75, 3.05) is 0 Å². The summed E-state index contributed by atoms with van der Waals surface area (Å²) in [6.45, 7) is 15.9. The molecule has 22 heavy (non-hydrogen) atoms. The van der Waals surface area contributed by atoms with Gasteiger partial charge in [0.15, 0.2) is 0 Å². The van der Waals surface area contributed by atoms with E-state index in [1.165, 1.54) is 13.8 Å². The molecule has 0 aromatic rings. The Hall–Kier alpha value is -0.706. The number of hydrogen-bond acceptors (Lipinski definition) is 6. The van der Waals surface area contributed by atoms with Crippen molar-refractivity contribution in [3.8, 4) is 0 Å². The summed E-state index contributed by atoms with van der Waals surface area (Å²) in [6.07, 6.45) is 0. The zero-order chi connectivity index (χ0) is 17.8. The van der Waals surface area contributed by atoms with E-state index in [9.17, 15) is 9.59 Å². The Labute approximate surface area is 136 Å². The number of carbonyl (C=O) groups excluding carboxylic acids is 2. The van der Waals surface area contributed by atoms with Crippen LogP contribution in [0.1, 0.15) is 55.4 Å². The first kappa shape index (κ1) is 21.3. The van der Waals surface area contributed by atoms with Crippen LogP contribution in [-0.2, 0) is 27.3 Å². The van der Waals surface area contributed by atoms with Gasteiger partial charge in [-0.15, -0.1) is 0 Å². The Bertz CT molecular complexity index is 365. The van der Waals surface area contributed by atoms with Crippen LogP contribution in [0, 0.1) is 0 Å². The third-order valence-electron chi connectivity index (χ3n) is 2.23. The van der Waals surface area contributed by atoms with Gasteiger partial charge in [-0.1, -0.05) is 0 Å². The molecular formula is C14H30O6Si2. The zero-order valence-electron chi connectivity index (χ0n) is 15.2. The molecule has 0 saturated heterocycles. The van der Waals surface area contributed by atoms with Gasteiger partial charge in [0, 0.05) is 31.6 Å². The molecule has 0 heterocycles. The third-order valence-corrected chi connectivity index (χ3v) is 9.90. The van der Waals surface area contributed by atoms with Gasteiger partial charge >= 0.3 is 17.8 Å². The van der Waals surface area contributed by atoms with Crippen LogP contribution in [0.15, 0.2) is 0 Å². The van der Waals surface area contributed by atoms with Gasteiger partial charge in [0.05, 0.1) is 5.67 Å². The molecule has 0 rings (SSSR count). The highest BCUT2D eigenvalue weighted by Gasteiger charge is 2.45. The lowest BCUT2D eigenvalue weighted by molar-refractivity contribution is -0.138. The standard InChI is InChI=1S/C14H30O6Si2/c1-11(15)17-22(9,18-12(2)16)10-21(19-13(3,4)5)20-14(6,7)8/h21H,10H2,1-9H3. The average molecular weight is 351 g/mol. The van der Waals surface area contributed by atoms with E-state index >= 15 is 0 Å². The molecular weight excluding hydrogens is 320 g/mol. The Balaban J connectivity index is 5.24. The fraction of sp³-hybridized carbons (Fsp3) is 0.857. The highest BCUT2D eigenvalue weighted by Crippen LogP contribution is 2.24. The van der Waals surface area contributed by atoms with E-state index in [0.29, 0.717) is 5.67 Å². The lowest BCUT2D eigenvalue weighted by Gasteiger charge is -2.35. The van der Waals surface area contributed by atoms with Gasteiger partial charge in [0.1, 0.15) is 0 Å². The van der Waals surface area contributed by atoms with E-state index in [1.54, 1.807) is 6.55 Å². The van der Waals surface area contributed by atoms with E-state index in [2.05, 4.69) is 0 Å². The van der Waals surface area contributed by atoms with Gasteiger partial charge in [-0.3, -0.25) is 9.59 Å². The molecule has 0 aliphatic rings. The molecule has 0 atom stereocenters. The Morgan fingerprint density at radius 1 is 0.864 bits per heavy atom. The van der Waals surface area contributed by atoms with Crippen LogP contribution in [0.25, 0.3) is 0 Å². The molecule has 0 spiro atoms. The fourth-order valence-corrected chi connectivity index (χ4v) is 8.55. The highest BCUT2D eigenvalue weighted by atomic mass is 28.4. The summed E-state index contributed by atoms with van der Waals surface area (Å²) in [7, 11) is -5.24. The molecule has 0 aromatic carbocycles. The van der Waals surface area contributed by atoms with Crippen molar-refractivity contribution in [3.63, 3.8) is 0 Å². The Kier molecular flexibility index (Phi) is 7.47. The molecule has 0 aliphatic heterocycles. The maximum absolute atomic E-state index is 11.3. The van der Waals surface area contributed by atoms with E-state index in [0.717, 1.165) is 0 Å². The van der Waals surface area contributed by atoms with Gasteiger partial charge in [0.25, 0.3) is 11.9 Å². The van der Waals surface area contributed by atoms with E-state index in [1.807, 2.05) is 41.5 Å². The Morgan fingerprint density at radius 2 is 1.18 bits per heavy atom. The maximum atomic E-state index is 11.3. The summed E-state index contributed by atoms with van der Waals surface area (Å²) in [5, 5.41) is 0. The summed E-state index contributed by atoms with van der Waals surface area (Å²) < 4.78 is 22.8. The topological polar surface area (TPSA) is 71.1 Å². The van der Waals surface area contributed by atoms with E-state index in [4.69, 9.17) is 17.7 Å². The largest absolute Gasteiger partial charge is 0.485 e. The molecule has 0 amide bonds. The van der Waals surface area contributed by atoms with Crippen molar-refractivity contribution >= 4 is 29.8 Å². The van der Waals surface area contributed by atoms with Crippen molar-refractivity contribution < 1.29 is 27.3 Å². The van der Waals surface area contributed by atoms with Gasteiger partial charge in [0.2, 0.25) is 0 Å². The third kappa shape index (κ3) is 10.9. The normalized spacial score (nSPS) is 13.2. The van der Waals surface area contributed by atoms with Gasteiger partial charge < -0.3 is 17.7 Å². The molecule has 8 heteroatoms. The molecule has 0 N–H and O–H groups in total. The predicted molar refractivity (Wildman–Crippen MR) is 88.8 cm³/mol. The summed E-state index contributed by atoms with van der Waals surface area (Å²) in [6, 6.07) is 0. The molecule has 0 saturated carbocycles. The number of rotatable bonds is 6. The lowest BCUT2D eigenvalue weighted by Crippen LogP contribution is -2.50. The molecule has 0 radical (unpaired) electrons. The maximum Gasteiger partial charge on any atom is 0.462 e. The van der Waals surface area contributed by atoms with Gasteiger partial charge in [-0.2, -0.15) is 0 Å². The quantitative estimate of drug-likeness (QED) is 0.686. The monoisotopic (exact) mass is 350 g/mol. The first-order valence-electron chi connectivity index (χ1n) is 7.37. The van der Waals surface area contributed by atoms with Gasteiger partial charge in [-0.25, -0.2) is 0 Å². The minimum atomic E-state index is -3.03. The zero-order valence-corrected chi connectivity index (χ0v) is 17.4. The van der Waals surface area contributed by atoms with Crippen LogP contribution in [0.3, 0.4) is 0 Å². The van der Waals surface area contributed by atoms with Gasteiger partial charge in [-0.05, 0) is 41.5 Å². The number of hydrogen-bond donors (Lipinski definition) is 0. The van der Waals surface area contributed by atoms with E-state index in [-0.39, 0.29) is 11.2 Å². The molecule has 0 bridgehead atoms. The second kappa shape index (κ2) is 7.71. The first-order valence-corrected chi connectivity index (χ1v) is 11.6. The summed E-state index contributed by atoms with van der Waals surface area (Å²) >= 11 is 0. The number of carbonyl (C=O) groups is 2. The van der Waals surface area contributed by atoms with Crippen molar-refractivity contribution in [1.82, 2.24) is 0 Å². The van der Waals surface area contributed by atoms with Crippen molar-refractivity contribution in [2.24, 2.45) is 0 Å². The molecule has 130 valence electrons. The molecule has 0 fully saturated rings. The summed E-state index contributed by atoms with van der Waals surface area (Å²) in [5.74, 6) is -0.927. The smallest absolute Gasteiger partial charge is 0.462 e. The first-order chi connectivity index (χ1) is 9.62. The SMILES string of the molecule is CC(=O)O[Si](C)(C[SiH](OC(C)(C)C)OC(C)(C)C)OC(C)=O. The van der Waals surface area contributed by atoms with Crippen LogP contribution < -0.4 is 0 Å². The lowest BCUT2D eigenvalue weighted by atomic mass is 10.2. The van der Waals surface area contributed by atoms with Crippen LogP contribution in [0.5, 0.6) is 0 Å². The second-order valence-corrected chi connectivity index (χ2v) is 13.1. The van der Waals surface area contributed by atoms with Crippen LogP contribution in [-0.4, -0.2) is 41.0 Å². The Morgan fingerprint density at radius 3 is 1.41 bits per heavy atom. The molecule has 0 unspecified atom stereocenters. The van der Waals surface area contributed by atoms with Crippen LogP contribution >= 0.6 is 0 Å². The van der Waals surface area contributed by atoms with Crippen molar-refractivity contribution in [2.45, 2.75) is 78.8 Å². The van der Waals surface area contributed by atoms with Crippen molar-refractivity contribution in [3.05, 3.63) is 0 Å². The second-order valence-electron chi connectivity index (χ2n) is 7.42. The van der Waals surface area contributed by atoms with Crippen molar-refractivity contribution in [1.29, 1.82) is 0 Å². The predicted octanol–water partition coefficient (Wildman–Crippen LogP) is 2.57. The molecule has 0 aromatic heterocycles. The van der Waals surface area contributed by atoms with Crippen LogP contribution in [0.2, 0.25) is 12.2 Å². The van der Waals surface area contributed by atoms with Crippen LogP contribution in [0.4, 0.5) is 0 Å². The summed E-state index contributed by atoms with van der Waals surface area (Å²) in [4.78, 5) is 22.7.